The van der Waals surface area contributed by atoms with E-state index in [1.165, 1.54) is 12.7 Å². The van der Waals surface area contributed by atoms with Crippen LogP contribution >= 0.6 is 0 Å². The topological polar surface area (TPSA) is 71.1 Å². The molecule has 1 spiro atoms. The number of ether oxygens (including phenoxy) is 2. The van der Waals surface area contributed by atoms with Gasteiger partial charge in [0.05, 0.1) is 13.7 Å². The molecule has 7 nitrogen and oxygen atoms in total. The molecule has 0 unspecified atom stereocenters. The molecule has 31 heavy (non-hydrogen) atoms. The Kier molecular flexibility index (Phi) is 4.57. The molecular weight excluding hydrogens is 394 g/mol. The first-order valence-corrected chi connectivity index (χ1v) is 10.7. The van der Waals surface area contributed by atoms with Gasteiger partial charge in [-0.3, -0.25) is 4.90 Å². The Labute approximate surface area is 181 Å². The Bertz CT molecular complexity index is 1040. The number of esters is 1. The summed E-state index contributed by atoms with van der Waals surface area (Å²) in [5.74, 6) is -0.689. The summed E-state index contributed by atoms with van der Waals surface area (Å²) in [6.45, 7) is 2.44. The van der Waals surface area contributed by atoms with Crippen molar-refractivity contribution in [3.8, 4) is 0 Å². The molecule has 2 aromatic rings. The zero-order valence-electron chi connectivity index (χ0n) is 18.0. The Hall–Kier alpha value is -3.22. The molecule has 2 aromatic carbocycles. The molecule has 0 aromatic heterocycles. The lowest BCUT2D eigenvalue weighted by molar-refractivity contribution is -0.150. The molecule has 3 heterocycles. The number of rotatable bonds is 2. The Balaban J connectivity index is 1.76. The highest BCUT2D eigenvalue weighted by Crippen LogP contribution is 2.61. The predicted octanol–water partition coefficient (Wildman–Crippen LogP) is 3.31. The van der Waals surface area contributed by atoms with Gasteiger partial charge in [-0.2, -0.15) is 0 Å². The van der Waals surface area contributed by atoms with Crippen LogP contribution in [0.15, 0.2) is 48.5 Å². The molecule has 1 N–H and O–H groups in total. The fourth-order valence-corrected chi connectivity index (χ4v) is 5.99. The van der Waals surface area contributed by atoms with E-state index in [9.17, 15) is 9.59 Å². The van der Waals surface area contributed by atoms with Crippen LogP contribution in [0.3, 0.4) is 0 Å². The van der Waals surface area contributed by atoms with E-state index in [1.807, 2.05) is 30.3 Å². The molecule has 4 atom stereocenters. The number of amides is 1. The van der Waals surface area contributed by atoms with Crippen LogP contribution in [-0.4, -0.2) is 56.5 Å². The van der Waals surface area contributed by atoms with Crippen LogP contribution in [0.2, 0.25) is 0 Å². The fraction of sp³-hybridized carbons (Fsp3) is 0.417. The quantitative estimate of drug-likeness (QED) is 0.751. The monoisotopic (exact) mass is 421 g/mol. The largest absolute Gasteiger partial charge is 0.467 e. The Morgan fingerprint density at radius 2 is 1.90 bits per heavy atom. The lowest BCUT2D eigenvalue weighted by atomic mass is 9.58. The fourth-order valence-electron chi connectivity index (χ4n) is 5.99. The van der Waals surface area contributed by atoms with E-state index in [1.54, 1.807) is 11.8 Å². The maximum Gasteiger partial charge on any atom is 0.410 e. The molecule has 0 radical (unpaired) electrons. The third-order valence-corrected chi connectivity index (χ3v) is 7.17. The average Bonchev–Trinajstić information content (AvgIpc) is 3.04. The van der Waals surface area contributed by atoms with Crippen molar-refractivity contribution in [1.82, 2.24) is 4.90 Å². The smallest absolute Gasteiger partial charge is 0.410 e. The zero-order valence-corrected chi connectivity index (χ0v) is 18.0. The minimum Gasteiger partial charge on any atom is -0.467 e. The van der Waals surface area contributed by atoms with Crippen LogP contribution < -0.4 is 10.2 Å². The van der Waals surface area contributed by atoms with Crippen molar-refractivity contribution < 1.29 is 19.1 Å². The minimum atomic E-state index is -0.775. The number of fused-ring (bicyclic) bond motifs is 3. The molecule has 0 bridgehead atoms. The number of piperidine rings is 1. The highest BCUT2D eigenvalue weighted by atomic mass is 16.6. The van der Waals surface area contributed by atoms with Crippen LogP contribution in [0.1, 0.15) is 30.4 Å². The molecule has 0 saturated carbocycles. The van der Waals surface area contributed by atoms with E-state index in [0.29, 0.717) is 13.0 Å². The molecule has 3 aliphatic heterocycles. The number of para-hydroxylation sites is 2. The average molecular weight is 421 g/mol. The maximum absolute atomic E-state index is 13.2. The summed E-state index contributed by atoms with van der Waals surface area (Å²) in [7, 11) is 3.47. The maximum atomic E-state index is 13.2. The van der Waals surface area contributed by atoms with Crippen LogP contribution in [0.25, 0.3) is 0 Å². The van der Waals surface area contributed by atoms with Crippen LogP contribution in [0, 0.1) is 0 Å². The van der Waals surface area contributed by atoms with Gasteiger partial charge in [0.25, 0.3) is 0 Å². The minimum absolute atomic E-state index is 0.0405. The number of nitrogens with one attached hydrogen (secondary N) is 1. The number of hydrogen-bond donors (Lipinski definition) is 1. The van der Waals surface area contributed by atoms with Gasteiger partial charge >= 0.3 is 12.1 Å². The van der Waals surface area contributed by atoms with Gasteiger partial charge in [-0.15, -0.1) is 0 Å². The molecule has 1 amide bonds. The van der Waals surface area contributed by atoms with Gasteiger partial charge in [0, 0.05) is 36.3 Å². The molecule has 162 valence electrons. The van der Waals surface area contributed by atoms with Gasteiger partial charge in [0.1, 0.15) is 12.2 Å². The summed E-state index contributed by atoms with van der Waals surface area (Å²) in [6, 6.07) is 15.6. The molecule has 1 saturated heterocycles. The standard InChI is InChI=1S/C24H27N3O4/c1-4-31-23(29)27-14-13-24-16-10-6-8-12-18(16)26(2)22(24)25-17-11-7-5-9-15(17)19(24)20(27)21(28)30-3/h5-12,19-20,22,25H,4,13-14H2,1-3H3/t19-,20+,22+,24+/m0/s1. The van der Waals surface area contributed by atoms with Crippen LogP contribution in [-0.2, 0) is 19.7 Å². The molecule has 1 fully saturated rings. The Morgan fingerprint density at radius 1 is 1.16 bits per heavy atom. The molecule has 7 heteroatoms. The van der Waals surface area contributed by atoms with Gasteiger partial charge in [0.2, 0.25) is 0 Å². The molecule has 5 rings (SSSR count). The molecule has 3 aliphatic rings. The summed E-state index contributed by atoms with van der Waals surface area (Å²) in [5, 5.41) is 3.73. The Morgan fingerprint density at radius 3 is 2.68 bits per heavy atom. The van der Waals surface area contributed by atoms with Crippen LogP contribution in [0.5, 0.6) is 0 Å². The predicted molar refractivity (Wildman–Crippen MR) is 117 cm³/mol. The number of carbonyl (C=O) groups excluding carboxylic acids is 2. The summed E-state index contributed by atoms with van der Waals surface area (Å²) in [6.07, 6.45) is 0.193. The van der Waals surface area contributed by atoms with E-state index in [0.717, 1.165) is 16.9 Å². The summed E-state index contributed by atoms with van der Waals surface area (Å²) in [5.41, 5.74) is 3.96. The first-order chi connectivity index (χ1) is 15.0. The van der Waals surface area contributed by atoms with Crippen molar-refractivity contribution in [2.24, 2.45) is 0 Å². The van der Waals surface area contributed by atoms with Gasteiger partial charge in [-0.05, 0) is 36.6 Å². The van der Waals surface area contributed by atoms with Gasteiger partial charge in [0.15, 0.2) is 0 Å². The van der Waals surface area contributed by atoms with E-state index in [4.69, 9.17) is 9.47 Å². The highest BCUT2D eigenvalue weighted by molar-refractivity contribution is 5.86. The number of likely N-dealkylation sites (N-methyl/N-ethyl adjacent to an activating group) is 1. The molecule has 0 aliphatic carbocycles. The molecular formula is C24H27N3O4. The normalized spacial score (nSPS) is 27.9. The zero-order chi connectivity index (χ0) is 21.8. The van der Waals surface area contributed by atoms with Crippen molar-refractivity contribution in [2.45, 2.75) is 36.9 Å². The number of nitrogens with zero attached hydrogens (tertiary/aromatic N) is 2. The SMILES string of the molecule is CCOC(=O)N1CC[C@]23c4ccccc4N(C)[C@H]2Nc2ccccc2[C@H]3[C@@H]1C(=O)OC. The van der Waals surface area contributed by atoms with Crippen molar-refractivity contribution in [1.29, 1.82) is 0 Å². The number of likely N-dealkylation sites (tertiary alicyclic amines) is 1. The summed E-state index contributed by atoms with van der Waals surface area (Å²) >= 11 is 0. The summed E-state index contributed by atoms with van der Waals surface area (Å²) < 4.78 is 10.6. The van der Waals surface area contributed by atoms with E-state index in [2.05, 4.69) is 35.5 Å². The van der Waals surface area contributed by atoms with Crippen molar-refractivity contribution >= 4 is 23.4 Å². The number of benzene rings is 2. The first kappa shape index (κ1) is 19.7. The summed E-state index contributed by atoms with van der Waals surface area (Å²) in [4.78, 5) is 29.9. The van der Waals surface area contributed by atoms with Gasteiger partial charge in [-0.1, -0.05) is 36.4 Å². The van der Waals surface area contributed by atoms with Crippen molar-refractivity contribution in [3.63, 3.8) is 0 Å². The highest BCUT2D eigenvalue weighted by Gasteiger charge is 2.64. The van der Waals surface area contributed by atoms with Crippen LogP contribution in [0.4, 0.5) is 16.2 Å². The van der Waals surface area contributed by atoms with Crippen molar-refractivity contribution in [3.05, 3.63) is 59.7 Å². The number of hydrogen-bond acceptors (Lipinski definition) is 6. The van der Waals surface area contributed by atoms with Crippen molar-refractivity contribution in [2.75, 3.05) is 37.5 Å². The van der Waals surface area contributed by atoms with E-state index < -0.39 is 18.1 Å². The van der Waals surface area contributed by atoms with E-state index >= 15 is 0 Å². The third kappa shape index (κ3) is 2.58. The second-order valence-corrected chi connectivity index (χ2v) is 8.39. The van der Waals surface area contributed by atoms with Gasteiger partial charge in [-0.25, -0.2) is 9.59 Å². The second-order valence-electron chi connectivity index (χ2n) is 8.39. The number of carbonyl (C=O) groups is 2. The number of anilines is 2. The van der Waals surface area contributed by atoms with Gasteiger partial charge < -0.3 is 19.7 Å². The second kappa shape index (κ2) is 7.18. The lowest BCUT2D eigenvalue weighted by Crippen LogP contribution is -2.66. The lowest BCUT2D eigenvalue weighted by Gasteiger charge is -2.55. The third-order valence-electron chi connectivity index (χ3n) is 7.17. The number of methoxy groups -OCH3 is 1. The first-order valence-electron chi connectivity index (χ1n) is 10.7. The van der Waals surface area contributed by atoms with E-state index in [-0.39, 0.29) is 24.1 Å².